The predicted octanol–water partition coefficient (Wildman–Crippen LogP) is 1.52. The van der Waals surface area contributed by atoms with Gasteiger partial charge in [0, 0.05) is 12.1 Å². The van der Waals surface area contributed by atoms with Crippen molar-refractivity contribution in [1.82, 2.24) is 0 Å². The Morgan fingerprint density at radius 3 is 2.64 bits per heavy atom. The number of rotatable bonds is 2. The first-order valence-electron chi connectivity index (χ1n) is 3.56. The molecule has 4 nitrogen and oxygen atoms in total. The van der Waals surface area contributed by atoms with Crippen molar-refractivity contribution in [3.05, 3.63) is 23.3 Å². The Morgan fingerprint density at radius 1 is 1.64 bits per heavy atom. The summed E-state index contributed by atoms with van der Waals surface area (Å²) in [4.78, 5) is 0. The zero-order chi connectivity index (χ0) is 11.0. The van der Waals surface area contributed by atoms with E-state index < -0.39 is 20.4 Å². The van der Waals surface area contributed by atoms with Crippen LogP contribution in [0.2, 0.25) is 0 Å². The van der Waals surface area contributed by atoms with E-state index in [-0.39, 0.29) is 5.03 Å². The molecule has 0 aromatic heterocycles. The zero-order valence-corrected chi connectivity index (χ0v) is 9.47. The summed E-state index contributed by atoms with van der Waals surface area (Å²) in [6.45, 7) is 0. The van der Waals surface area contributed by atoms with Gasteiger partial charge in [-0.1, -0.05) is 29.3 Å². The monoisotopic (exact) mass is 258 g/mol. The van der Waals surface area contributed by atoms with Gasteiger partial charge in [-0.05, 0) is 12.2 Å². The van der Waals surface area contributed by atoms with Gasteiger partial charge in [-0.15, -0.1) is 0 Å². The lowest BCUT2D eigenvalue weighted by Crippen LogP contribution is -2.42. The maximum atomic E-state index is 10.9. The number of ether oxygens (including phenoxy) is 1. The standard InChI is InChI=1S/C7H8Cl2O4S/c1-13-7(9)4-5(8)2-3-6(7)14(10,11)12/h2-4,6H,1H3,(H,10,11,12). The molecule has 80 valence electrons. The van der Waals surface area contributed by atoms with Gasteiger partial charge < -0.3 is 4.74 Å². The van der Waals surface area contributed by atoms with Crippen LogP contribution in [0.3, 0.4) is 0 Å². The van der Waals surface area contributed by atoms with Crippen LogP contribution in [0.4, 0.5) is 0 Å². The van der Waals surface area contributed by atoms with Crippen molar-refractivity contribution in [2.75, 3.05) is 7.11 Å². The fourth-order valence-corrected chi connectivity index (χ4v) is 2.77. The van der Waals surface area contributed by atoms with Gasteiger partial charge in [-0.2, -0.15) is 8.42 Å². The van der Waals surface area contributed by atoms with E-state index in [4.69, 9.17) is 32.5 Å². The van der Waals surface area contributed by atoms with Crippen molar-refractivity contribution in [1.29, 1.82) is 0 Å². The van der Waals surface area contributed by atoms with Crippen LogP contribution in [0.5, 0.6) is 0 Å². The van der Waals surface area contributed by atoms with Crippen LogP contribution in [0.15, 0.2) is 23.3 Å². The van der Waals surface area contributed by atoms with Gasteiger partial charge in [0.25, 0.3) is 10.1 Å². The van der Waals surface area contributed by atoms with E-state index in [0.29, 0.717) is 0 Å². The van der Waals surface area contributed by atoms with Crippen molar-refractivity contribution in [2.45, 2.75) is 10.3 Å². The fraction of sp³-hybridized carbons (Fsp3) is 0.429. The minimum absolute atomic E-state index is 0.252. The van der Waals surface area contributed by atoms with Crippen molar-refractivity contribution in [2.24, 2.45) is 0 Å². The smallest absolute Gasteiger partial charge is 0.275 e. The molecule has 14 heavy (non-hydrogen) atoms. The lowest BCUT2D eigenvalue weighted by molar-refractivity contribution is 0.106. The highest BCUT2D eigenvalue weighted by Gasteiger charge is 2.43. The van der Waals surface area contributed by atoms with Crippen LogP contribution in [0.1, 0.15) is 0 Å². The molecule has 0 saturated carbocycles. The van der Waals surface area contributed by atoms with Crippen LogP contribution in [-0.4, -0.2) is 30.4 Å². The molecule has 0 radical (unpaired) electrons. The minimum Gasteiger partial charge on any atom is -0.357 e. The summed E-state index contributed by atoms with van der Waals surface area (Å²) in [5.74, 6) is 0. The summed E-state index contributed by atoms with van der Waals surface area (Å²) >= 11 is 11.5. The topological polar surface area (TPSA) is 63.6 Å². The van der Waals surface area contributed by atoms with Crippen molar-refractivity contribution in [3.8, 4) is 0 Å². The van der Waals surface area contributed by atoms with Gasteiger partial charge in [0.1, 0.15) is 0 Å². The molecule has 0 aliphatic heterocycles. The van der Waals surface area contributed by atoms with E-state index in [1.165, 1.54) is 25.3 Å². The first-order chi connectivity index (χ1) is 6.29. The molecule has 7 heteroatoms. The molecule has 0 heterocycles. The van der Waals surface area contributed by atoms with E-state index in [1.54, 1.807) is 0 Å². The summed E-state index contributed by atoms with van der Waals surface area (Å²) in [5.41, 5.74) is 0. The molecule has 0 amide bonds. The Morgan fingerprint density at radius 2 is 2.21 bits per heavy atom. The molecule has 1 aliphatic rings. The Kier molecular flexibility index (Phi) is 3.28. The first kappa shape index (κ1) is 12.0. The van der Waals surface area contributed by atoms with Crippen molar-refractivity contribution in [3.63, 3.8) is 0 Å². The molecular weight excluding hydrogens is 251 g/mol. The minimum atomic E-state index is -4.32. The molecule has 1 aliphatic carbocycles. The van der Waals surface area contributed by atoms with Crippen molar-refractivity contribution < 1.29 is 17.7 Å². The lowest BCUT2D eigenvalue weighted by Gasteiger charge is -2.29. The van der Waals surface area contributed by atoms with E-state index in [2.05, 4.69) is 0 Å². The maximum Gasteiger partial charge on any atom is 0.275 e. The molecular formula is C7H8Cl2O4S. The Hall–Kier alpha value is -0.0700. The zero-order valence-electron chi connectivity index (χ0n) is 7.15. The van der Waals surface area contributed by atoms with Crippen LogP contribution in [-0.2, 0) is 14.9 Å². The summed E-state index contributed by atoms with van der Waals surface area (Å²) in [5, 5.41) is -2.76. The summed E-state index contributed by atoms with van der Waals surface area (Å²) in [6.07, 6.45) is 3.72. The van der Waals surface area contributed by atoms with Gasteiger partial charge >= 0.3 is 0 Å². The number of allylic oxidation sites excluding steroid dienone is 2. The van der Waals surface area contributed by atoms with Gasteiger partial charge in [0.15, 0.2) is 10.3 Å². The summed E-state index contributed by atoms with van der Waals surface area (Å²) in [7, 11) is -3.09. The number of hydrogen-bond acceptors (Lipinski definition) is 3. The fourth-order valence-electron chi connectivity index (χ4n) is 1.11. The Labute approximate surface area is 91.9 Å². The highest BCUT2D eigenvalue weighted by molar-refractivity contribution is 7.86. The van der Waals surface area contributed by atoms with Crippen LogP contribution < -0.4 is 0 Å². The number of halogens is 2. The largest absolute Gasteiger partial charge is 0.357 e. The van der Waals surface area contributed by atoms with Gasteiger partial charge in [0.05, 0.1) is 0 Å². The average Bonchev–Trinajstić information content (AvgIpc) is 2.01. The third-order valence-electron chi connectivity index (χ3n) is 1.79. The van der Waals surface area contributed by atoms with Crippen LogP contribution in [0, 0.1) is 0 Å². The second-order valence-corrected chi connectivity index (χ2v) is 5.29. The normalized spacial score (nSPS) is 32.9. The lowest BCUT2D eigenvalue weighted by atomic mass is 10.1. The molecule has 0 aromatic carbocycles. The average molecular weight is 259 g/mol. The first-order valence-corrected chi connectivity index (χ1v) is 5.82. The molecule has 1 N–H and O–H groups in total. The van der Waals surface area contributed by atoms with Gasteiger partial charge in [-0.3, -0.25) is 4.55 Å². The molecule has 2 atom stereocenters. The molecule has 2 unspecified atom stereocenters. The number of hydrogen-bond donors (Lipinski definition) is 1. The molecule has 0 saturated heterocycles. The van der Waals surface area contributed by atoms with Gasteiger partial charge in [-0.25, -0.2) is 0 Å². The van der Waals surface area contributed by atoms with E-state index >= 15 is 0 Å². The predicted molar refractivity (Wildman–Crippen MR) is 54.0 cm³/mol. The number of methoxy groups -OCH3 is 1. The maximum absolute atomic E-state index is 10.9. The molecule has 1 rings (SSSR count). The number of alkyl halides is 1. The van der Waals surface area contributed by atoms with Crippen LogP contribution >= 0.6 is 23.2 Å². The van der Waals surface area contributed by atoms with Crippen molar-refractivity contribution >= 4 is 33.3 Å². The highest BCUT2D eigenvalue weighted by Crippen LogP contribution is 2.34. The van der Waals surface area contributed by atoms with E-state index in [1.807, 2.05) is 0 Å². The molecule has 0 fully saturated rings. The highest BCUT2D eigenvalue weighted by atomic mass is 35.5. The SMILES string of the molecule is COC1(Cl)C=C(Cl)C=CC1S(=O)(=O)O. The third kappa shape index (κ3) is 2.29. The quantitative estimate of drug-likeness (QED) is 0.603. The van der Waals surface area contributed by atoms with Crippen LogP contribution in [0.25, 0.3) is 0 Å². The molecule has 0 aromatic rings. The van der Waals surface area contributed by atoms with Gasteiger partial charge in [0.2, 0.25) is 0 Å². The Bertz CT molecular complexity index is 386. The second kappa shape index (κ2) is 3.83. The molecule has 0 spiro atoms. The Balaban J connectivity index is 3.18. The molecule has 0 bridgehead atoms. The van der Waals surface area contributed by atoms with E-state index in [9.17, 15) is 8.42 Å². The summed E-state index contributed by atoms with van der Waals surface area (Å²) in [6, 6.07) is 0. The third-order valence-corrected chi connectivity index (χ3v) is 3.80. The summed E-state index contributed by atoms with van der Waals surface area (Å²) < 4.78 is 35.6. The van der Waals surface area contributed by atoms with E-state index in [0.717, 1.165) is 0 Å². The second-order valence-electron chi connectivity index (χ2n) is 2.73.